The molecule has 1 aromatic carbocycles. The second kappa shape index (κ2) is 8.43. The number of hydrogen-bond acceptors (Lipinski definition) is 2. The first kappa shape index (κ1) is 15.5. The molecular formula is C18H30N2. The van der Waals surface area contributed by atoms with Crippen molar-refractivity contribution in [3.63, 3.8) is 0 Å². The minimum absolute atomic E-state index is 0.295. The maximum Gasteiger partial charge on any atom is 0.0170 e. The van der Waals surface area contributed by atoms with Crippen LogP contribution in [-0.2, 0) is 6.42 Å². The standard InChI is InChI=1S/C18H30N2/c1-20(14-17-10-6-3-7-11-17)15-18(19)13-12-16-8-4-2-5-9-16/h2,4-5,8-9,17-18H,3,6-7,10-15,19H2,1H3. The highest BCUT2D eigenvalue weighted by Crippen LogP contribution is 2.24. The van der Waals surface area contributed by atoms with Crippen molar-refractivity contribution < 1.29 is 0 Å². The van der Waals surface area contributed by atoms with E-state index >= 15 is 0 Å². The predicted octanol–water partition coefficient (Wildman–Crippen LogP) is 3.46. The van der Waals surface area contributed by atoms with E-state index in [9.17, 15) is 0 Å². The molecule has 1 unspecified atom stereocenters. The van der Waals surface area contributed by atoms with E-state index in [0.29, 0.717) is 6.04 Å². The molecule has 0 aromatic heterocycles. The molecule has 2 heteroatoms. The number of likely N-dealkylation sites (N-methyl/N-ethyl adjacent to an activating group) is 1. The molecule has 1 aliphatic carbocycles. The molecule has 0 amide bonds. The van der Waals surface area contributed by atoms with Gasteiger partial charge in [-0.2, -0.15) is 0 Å². The quantitative estimate of drug-likeness (QED) is 0.825. The summed E-state index contributed by atoms with van der Waals surface area (Å²) in [7, 11) is 2.23. The third-order valence-electron chi connectivity index (χ3n) is 4.49. The molecule has 112 valence electrons. The highest BCUT2D eigenvalue weighted by molar-refractivity contribution is 5.14. The van der Waals surface area contributed by atoms with Crippen molar-refractivity contribution in [2.45, 2.75) is 51.0 Å². The van der Waals surface area contributed by atoms with Gasteiger partial charge in [0.25, 0.3) is 0 Å². The van der Waals surface area contributed by atoms with Crippen LogP contribution < -0.4 is 5.73 Å². The van der Waals surface area contributed by atoms with Crippen molar-refractivity contribution in [2.24, 2.45) is 11.7 Å². The van der Waals surface area contributed by atoms with Crippen molar-refractivity contribution in [1.29, 1.82) is 0 Å². The molecule has 0 saturated heterocycles. The van der Waals surface area contributed by atoms with Crippen molar-refractivity contribution >= 4 is 0 Å². The third kappa shape index (κ3) is 5.64. The zero-order chi connectivity index (χ0) is 14.2. The number of rotatable bonds is 7. The summed E-state index contributed by atoms with van der Waals surface area (Å²) in [4.78, 5) is 2.45. The highest BCUT2D eigenvalue weighted by atomic mass is 15.1. The number of nitrogens with zero attached hydrogens (tertiary/aromatic N) is 1. The summed E-state index contributed by atoms with van der Waals surface area (Å²) in [5.41, 5.74) is 7.69. The Bertz CT molecular complexity index is 357. The smallest absolute Gasteiger partial charge is 0.0170 e. The average molecular weight is 274 g/mol. The predicted molar refractivity (Wildman–Crippen MR) is 86.8 cm³/mol. The highest BCUT2D eigenvalue weighted by Gasteiger charge is 2.16. The molecule has 0 radical (unpaired) electrons. The van der Waals surface area contributed by atoms with Gasteiger partial charge in [-0.1, -0.05) is 49.6 Å². The van der Waals surface area contributed by atoms with Crippen LogP contribution in [-0.4, -0.2) is 31.1 Å². The maximum atomic E-state index is 6.29. The summed E-state index contributed by atoms with van der Waals surface area (Å²) in [6.45, 7) is 2.27. The van der Waals surface area contributed by atoms with Crippen molar-refractivity contribution in [3.8, 4) is 0 Å². The molecule has 2 N–H and O–H groups in total. The number of nitrogens with two attached hydrogens (primary N) is 1. The largest absolute Gasteiger partial charge is 0.327 e. The third-order valence-corrected chi connectivity index (χ3v) is 4.49. The topological polar surface area (TPSA) is 29.3 Å². The fourth-order valence-electron chi connectivity index (χ4n) is 3.37. The summed E-state index contributed by atoms with van der Waals surface area (Å²) < 4.78 is 0. The molecule has 0 heterocycles. The van der Waals surface area contributed by atoms with E-state index < -0.39 is 0 Å². The number of benzene rings is 1. The van der Waals surface area contributed by atoms with Crippen molar-refractivity contribution in [1.82, 2.24) is 4.90 Å². The van der Waals surface area contributed by atoms with Gasteiger partial charge in [0.1, 0.15) is 0 Å². The first-order chi connectivity index (χ1) is 9.74. The summed E-state index contributed by atoms with van der Waals surface area (Å²) in [5, 5.41) is 0. The maximum absolute atomic E-state index is 6.29. The van der Waals surface area contributed by atoms with Gasteiger partial charge < -0.3 is 10.6 Å². The molecule has 2 nitrogen and oxygen atoms in total. The average Bonchev–Trinajstić information content (AvgIpc) is 2.47. The van der Waals surface area contributed by atoms with Gasteiger partial charge >= 0.3 is 0 Å². The lowest BCUT2D eigenvalue weighted by molar-refractivity contribution is 0.222. The second-order valence-electron chi connectivity index (χ2n) is 6.51. The van der Waals surface area contributed by atoms with Crippen LogP contribution in [0.15, 0.2) is 30.3 Å². The molecule has 1 saturated carbocycles. The fourth-order valence-corrected chi connectivity index (χ4v) is 3.37. The zero-order valence-corrected chi connectivity index (χ0v) is 12.9. The van der Waals surface area contributed by atoms with Crippen LogP contribution in [0.3, 0.4) is 0 Å². The van der Waals surface area contributed by atoms with Gasteiger partial charge in [-0.05, 0) is 44.2 Å². The van der Waals surface area contributed by atoms with Crippen LogP contribution in [0.5, 0.6) is 0 Å². The Morgan fingerprint density at radius 3 is 2.55 bits per heavy atom. The monoisotopic (exact) mass is 274 g/mol. The Morgan fingerprint density at radius 2 is 1.85 bits per heavy atom. The normalized spacial score (nSPS) is 18.4. The van der Waals surface area contributed by atoms with Gasteiger partial charge in [-0.3, -0.25) is 0 Å². The fraction of sp³-hybridized carbons (Fsp3) is 0.667. The van der Waals surface area contributed by atoms with Gasteiger partial charge in [0.05, 0.1) is 0 Å². The molecular weight excluding hydrogens is 244 g/mol. The van der Waals surface area contributed by atoms with Crippen LogP contribution in [0.2, 0.25) is 0 Å². The summed E-state index contributed by atoms with van der Waals surface area (Å²) in [6, 6.07) is 11.0. The zero-order valence-electron chi connectivity index (χ0n) is 12.9. The first-order valence-electron chi connectivity index (χ1n) is 8.22. The SMILES string of the molecule is CN(CC(N)CCc1ccccc1)CC1CCCCC1. The Hall–Kier alpha value is -0.860. The lowest BCUT2D eigenvalue weighted by Crippen LogP contribution is -2.38. The van der Waals surface area contributed by atoms with Crippen LogP contribution in [0.4, 0.5) is 0 Å². The van der Waals surface area contributed by atoms with Gasteiger partial charge in [0.2, 0.25) is 0 Å². The Labute approximate surface area is 124 Å². The second-order valence-corrected chi connectivity index (χ2v) is 6.51. The van der Waals surface area contributed by atoms with E-state index in [2.05, 4.69) is 42.3 Å². The minimum atomic E-state index is 0.295. The van der Waals surface area contributed by atoms with Gasteiger partial charge in [-0.25, -0.2) is 0 Å². The minimum Gasteiger partial charge on any atom is -0.327 e. The van der Waals surface area contributed by atoms with Crippen LogP contribution in [0.1, 0.15) is 44.1 Å². The van der Waals surface area contributed by atoms with E-state index in [4.69, 9.17) is 5.73 Å². The summed E-state index contributed by atoms with van der Waals surface area (Å²) in [6.07, 6.45) is 9.32. The van der Waals surface area contributed by atoms with E-state index in [1.54, 1.807) is 0 Å². The molecule has 1 aliphatic rings. The van der Waals surface area contributed by atoms with E-state index in [1.807, 2.05) is 0 Å². The Balaban J connectivity index is 1.64. The molecule has 2 rings (SSSR count). The molecule has 1 fully saturated rings. The molecule has 0 aliphatic heterocycles. The van der Waals surface area contributed by atoms with Gasteiger partial charge in [-0.15, -0.1) is 0 Å². The summed E-state index contributed by atoms with van der Waals surface area (Å²) in [5.74, 6) is 0.912. The molecule has 1 aromatic rings. The van der Waals surface area contributed by atoms with Crippen molar-refractivity contribution in [2.75, 3.05) is 20.1 Å². The number of hydrogen-bond donors (Lipinski definition) is 1. The summed E-state index contributed by atoms with van der Waals surface area (Å²) >= 11 is 0. The Kier molecular flexibility index (Phi) is 6.55. The number of aryl methyl sites for hydroxylation is 1. The molecule has 1 atom stereocenters. The van der Waals surface area contributed by atoms with Crippen molar-refractivity contribution in [3.05, 3.63) is 35.9 Å². The molecule has 0 spiro atoms. The van der Waals surface area contributed by atoms with Crippen LogP contribution in [0, 0.1) is 5.92 Å². The Morgan fingerprint density at radius 1 is 1.15 bits per heavy atom. The van der Waals surface area contributed by atoms with Gasteiger partial charge in [0.15, 0.2) is 0 Å². The molecule has 20 heavy (non-hydrogen) atoms. The molecule has 0 bridgehead atoms. The van der Waals surface area contributed by atoms with E-state index in [1.165, 1.54) is 44.2 Å². The van der Waals surface area contributed by atoms with Crippen LogP contribution >= 0.6 is 0 Å². The lowest BCUT2D eigenvalue weighted by atomic mass is 9.89. The van der Waals surface area contributed by atoms with Crippen LogP contribution in [0.25, 0.3) is 0 Å². The van der Waals surface area contributed by atoms with E-state index in [0.717, 1.165) is 25.3 Å². The first-order valence-corrected chi connectivity index (χ1v) is 8.22. The van der Waals surface area contributed by atoms with E-state index in [-0.39, 0.29) is 0 Å². The lowest BCUT2D eigenvalue weighted by Gasteiger charge is -2.28. The van der Waals surface area contributed by atoms with Gasteiger partial charge in [0, 0.05) is 19.1 Å².